The number of methoxy groups -OCH3 is 1. The molecule has 0 bridgehead atoms. The van der Waals surface area contributed by atoms with Gasteiger partial charge in [-0.15, -0.1) is 0 Å². The van der Waals surface area contributed by atoms with E-state index < -0.39 is 12.8 Å². The molecule has 1 unspecified atom stereocenters. The Morgan fingerprint density at radius 2 is 2.14 bits per heavy atom. The molecule has 1 heterocycles. The third kappa shape index (κ3) is 6.77. The number of hydrogen-bond donors (Lipinski definition) is 1. The Hall–Kier alpha value is -1.34. The molecule has 0 saturated carbocycles. The number of ether oxygens (including phenoxy) is 2. The smallest absolute Gasteiger partial charge is 0.411 e. The van der Waals surface area contributed by atoms with Crippen molar-refractivity contribution in [3.63, 3.8) is 0 Å². The fourth-order valence-corrected chi connectivity index (χ4v) is 1.88. The van der Waals surface area contributed by atoms with Crippen LogP contribution in [0.3, 0.4) is 0 Å². The van der Waals surface area contributed by atoms with Crippen LogP contribution in [0.4, 0.5) is 13.2 Å². The van der Waals surface area contributed by atoms with Gasteiger partial charge in [0.25, 0.3) is 0 Å². The maximum Gasteiger partial charge on any atom is 0.411 e. The zero-order chi connectivity index (χ0) is 15.7. The van der Waals surface area contributed by atoms with E-state index in [1.165, 1.54) is 7.11 Å². The van der Waals surface area contributed by atoms with Crippen LogP contribution in [0.15, 0.2) is 18.3 Å². The molecule has 0 aliphatic carbocycles. The fraction of sp³-hybridized carbons (Fsp3) is 0.643. The number of pyridine rings is 1. The van der Waals surface area contributed by atoms with E-state index in [1.54, 1.807) is 18.3 Å². The average Bonchev–Trinajstić information content (AvgIpc) is 2.45. The second kappa shape index (κ2) is 8.84. The topological polar surface area (TPSA) is 43.4 Å². The largest absolute Gasteiger partial charge is 0.495 e. The Morgan fingerprint density at radius 3 is 2.76 bits per heavy atom. The lowest BCUT2D eigenvalue weighted by molar-refractivity contribution is -0.174. The van der Waals surface area contributed by atoms with Crippen molar-refractivity contribution in [1.82, 2.24) is 10.3 Å². The molecule has 0 spiro atoms. The van der Waals surface area contributed by atoms with Crippen LogP contribution in [0, 0.1) is 0 Å². The Bertz CT molecular complexity index is 413. The molecule has 0 aromatic carbocycles. The zero-order valence-electron chi connectivity index (χ0n) is 12.2. The van der Waals surface area contributed by atoms with Crippen LogP contribution in [0.1, 0.15) is 31.5 Å². The first-order chi connectivity index (χ1) is 9.98. The van der Waals surface area contributed by atoms with Gasteiger partial charge in [-0.3, -0.25) is 4.98 Å². The van der Waals surface area contributed by atoms with Crippen molar-refractivity contribution in [3.05, 3.63) is 24.0 Å². The monoisotopic (exact) mass is 306 g/mol. The van der Waals surface area contributed by atoms with Crippen LogP contribution >= 0.6 is 0 Å². The van der Waals surface area contributed by atoms with Crippen LogP contribution in [-0.4, -0.2) is 38.0 Å². The molecule has 4 nitrogen and oxygen atoms in total. The third-order valence-corrected chi connectivity index (χ3v) is 2.81. The highest BCUT2D eigenvalue weighted by atomic mass is 19.4. The number of rotatable bonds is 9. The molecule has 1 aromatic heterocycles. The van der Waals surface area contributed by atoms with E-state index in [9.17, 15) is 13.2 Å². The Labute approximate surface area is 122 Å². The summed E-state index contributed by atoms with van der Waals surface area (Å²) in [6.07, 6.45) is -1.36. The van der Waals surface area contributed by atoms with Crippen molar-refractivity contribution in [2.24, 2.45) is 0 Å². The minimum Gasteiger partial charge on any atom is -0.495 e. The number of halogens is 3. The van der Waals surface area contributed by atoms with Crippen molar-refractivity contribution >= 4 is 0 Å². The van der Waals surface area contributed by atoms with Crippen molar-refractivity contribution < 1.29 is 22.6 Å². The maximum absolute atomic E-state index is 12.1. The molecular formula is C14H21F3N2O2. The van der Waals surface area contributed by atoms with Gasteiger partial charge in [0.05, 0.1) is 18.8 Å². The van der Waals surface area contributed by atoms with E-state index in [2.05, 4.69) is 15.0 Å². The summed E-state index contributed by atoms with van der Waals surface area (Å²) in [6.45, 7) is 1.52. The van der Waals surface area contributed by atoms with E-state index in [4.69, 9.17) is 4.74 Å². The van der Waals surface area contributed by atoms with E-state index in [0.29, 0.717) is 17.9 Å². The van der Waals surface area contributed by atoms with Gasteiger partial charge in [0.15, 0.2) is 0 Å². The number of hydrogen-bond acceptors (Lipinski definition) is 4. The van der Waals surface area contributed by atoms with E-state index in [0.717, 1.165) is 13.0 Å². The van der Waals surface area contributed by atoms with Gasteiger partial charge in [-0.05, 0) is 31.5 Å². The van der Waals surface area contributed by atoms with Gasteiger partial charge in [0.2, 0.25) is 0 Å². The minimum absolute atomic E-state index is 0.000615. The number of aromatic nitrogens is 1. The first-order valence-corrected chi connectivity index (χ1v) is 6.84. The van der Waals surface area contributed by atoms with Gasteiger partial charge in [-0.25, -0.2) is 0 Å². The summed E-state index contributed by atoms with van der Waals surface area (Å²) in [4.78, 5) is 4.26. The lowest BCUT2D eigenvalue weighted by Gasteiger charge is -2.20. The molecule has 0 saturated heterocycles. The lowest BCUT2D eigenvalue weighted by atomic mass is 10.1. The molecule has 0 fully saturated rings. The van der Waals surface area contributed by atoms with Gasteiger partial charge in [-0.2, -0.15) is 13.2 Å². The molecule has 21 heavy (non-hydrogen) atoms. The summed E-state index contributed by atoms with van der Waals surface area (Å²) in [5, 5.41) is 3.25. The summed E-state index contributed by atoms with van der Waals surface area (Å²) in [7, 11) is 1.54. The highest BCUT2D eigenvalue weighted by Crippen LogP contribution is 2.25. The molecule has 7 heteroatoms. The van der Waals surface area contributed by atoms with Crippen LogP contribution < -0.4 is 10.1 Å². The predicted octanol–water partition coefficient (Wildman–Crippen LogP) is 3.10. The van der Waals surface area contributed by atoms with Gasteiger partial charge in [-0.1, -0.05) is 6.92 Å². The second-order valence-corrected chi connectivity index (χ2v) is 4.55. The molecule has 1 aromatic rings. The SMILES string of the molecule is CCCNC(CCOCC(F)(F)F)c1ncccc1OC. The van der Waals surface area contributed by atoms with Crippen LogP contribution in [0.2, 0.25) is 0 Å². The normalized spacial score (nSPS) is 13.2. The maximum atomic E-state index is 12.1. The molecule has 1 atom stereocenters. The number of nitrogens with zero attached hydrogens (tertiary/aromatic N) is 1. The van der Waals surface area contributed by atoms with Gasteiger partial charge < -0.3 is 14.8 Å². The highest BCUT2D eigenvalue weighted by Gasteiger charge is 2.27. The zero-order valence-corrected chi connectivity index (χ0v) is 12.2. The van der Waals surface area contributed by atoms with E-state index in [1.807, 2.05) is 6.92 Å². The predicted molar refractivity (Wildman–Crippen MR) is 73.3 cm³/mol. The average molecular weight is 306 g/mol. The quantitative estimate of drug-likeness (QED) is 0.712. The van der Waals surface area contributed by atoms with E-state index in [-0.39, 0.29) is 12.6 Å². The van der Waals surface area contributed by atoms with Gasteiger partial charge >= 0.3 is 6.18 Å². The fourth-order valence-electron chi connectivity index (χ4n) is 1.88. The molecule has 120 valence electrons. The molecule has 0 aliphatic rings. The number of alkyl halides is 3. The van der Waals surface area contributed by atoms with Crippen LogP contribution in [0.25, 0.3) is 0 Å². The third-order valence-electron chi connectivity index (χ3n) is 2.81. The standard InChI is InChI=1S/C14H21F3N2O2/c1-3-7-18-11(6-9-21-10-14(15,16)17)13-12(20-2)5-4-8-19-13/h4-5,8,11,18H,3,6-7,9-10H2,1-2H3. The Kier molecular flexibility index (Phi) is 7.45. The van der Waals surface area contributed by atoms with Gasteiger partial charge in [0, 0.05) is 12.8 Å². The van der Waals surface area contributed by atoms with Crippen molar-refractivity contribution in [2.75, 3.05) is 26.9 Å². The Balaban J connectivity index is 2.63. The van der Waals surface area contributed by atoms with Crippen molar-refractivity contribution in [2.45, 2.75) is 32.0 Å². The highest BCUT2D eigenvalue weighted by molar-refractivity contribution is 5.29. The van der Waals surface area contributed by atoms with Crippen molar-refractivity contribution in [3.8, 4) is 5.75 Å². The van der Waals surface area contributed by atoms with Crippen LogP contribution in [-0.2, 0) is 4.74 Å². The van der Waals surface area contributed by atoms with Crippen molar-refractivity contribution in [1.29, 1.82) is 0 Å². The molecule has 1 rings (SSSR count). The number of nitrogens with one attached hydrogen (secondary N) is 1. The van der Waals surface area contributed by atoms with Crippen LogP contribution in [0.5, 0.6) is 5.75 Å². The Morgan fingerprint density at radius 1 is 1.38 bits per heavy atom. The second-order valence-electron chi connectivity index (χ2n) is 4.55. The summed E-state index contributed by atoms with van der Waals surface area (Å²) < 4.78 is 46.1. The first kappa shape index (κ1) is 17.7. The first-order valence-electron chi connectivity index (χ1n) is 6.84. The molecule has 0 radical (unpaired) electrons. The van der Waals surface area contributed by atoms with Gasteiger partial charge in [0.1, 0.15) is 12.4 Å². The summed E-state index contributed by atoms with van der Waals surface area (Å²) >= 11 is 0. The minimum atomic E-state index is -4.30. The molecular weight excluding hydrogens is 285 g/mol. The molecule has 1 N–H and O–H groups in total. The summed E-state index contributed by atoms with van der Waals surface area (Å²) in [6, 6.07) is 3.33. The molecule has 0 aliphatic heterocycles. The lowest BCUT2D eigenvalue weighted by Crippen LogP contribution is -2.26. The summed E-state index contributed by atoms with van der Waals surface area (Å²) in [5.41, 5.74) is 0.684. The summed E-state index contributed by atoms with van der Waals surface area (Å²) in [5.74, 6) is 0.613. The molecule has 0 amide bonds. The van der Waals surface area contributed by atoms with E-state index >= 15 is 0 Å².